The molecule has 4 aromatic rings. The van der Waals surface area contributed by atoms with E-state index in [9.17, 15) is 9.90 Å². The standard InChI is InChI=1S/C17H12ClN5O3/c18-10-5-3-9(4-6-10)14-13(17(24)25)16(23-26-14)20-8-12-11-2-1-7-19-15(11)22-21-12/h1-7H,8H2,(H,20,23)(H,24,25)(H,19,21,22). The van der Waals surface area contributed by atoms with Gasteiger partial charge in [0.05, 0.1) is 12.2 Å². The fraction of sp³-hybridized carbons (Fsp3) is 0.0588. The van der Waals surface area contributed by atoms with E-state index >= 15 is 0 Å². The molecule has 26 heavy (non-hydrogen) atoms. The highest BCUT2D eigenvalue weighted by Gasteiger charge is 2.24. The predicted octanol–water partition coefficient (Wildman–Crippen LogP) is 3.58. The maximum Gasteiger partial charge on any atom is 0.343 e. The van der Waals surface area contributed by atoms with E-state index in [-0.39, 0.29) is 23.7 Å². The number of carboxylic acids is 1. The summed E-state index contributed by atoms with van der Waals surface area (Å²) in [6, 6.07) is 10.3. The number of fused-ring (bicyclic) bond motifs is 1. The van der Waals surface area contributed by atoms with Crippen molar-refractivity contribution in [3.05, 3.63) is 58.9 Å². The first-order valence-electron chi connectivity index (χ1n) is 7.64. The lowest BCUT2D eigenvalue weighted by Crippen LogP contribution is -2.06. The zero-order chi connectivity index (χ0) is 18.1. The van der Waals surface area contributed by atoms with Crippen LogP contribution in [0.4, 0.5) is 5.82 Å². The zero-order valence-corrected chi connectivity index (χ0v) is 14.0. The third kappa shape index (κ3) is 2.86. The molecule has 0 aliphatic heterocycles. The van der Waals surface area contributed by atoms with Crippen molar-refractivity contribution in [2.24, 2.45) is 0 Å². The molecule has 0 bridgehead atoms. The molecule has 0 radical (unpaired) electrons. The average Bonchev–Trinajstić information content (AvgIpc) is 3.24. The monoisotopic (exact) mass is 369 g/mol. The molecule has 0 spiro atoms. The van der Waals surface area contributed by atoms with Crippen LogP contribution in [0.2, 0.25) is 5.02 Å². The SMILES string of the molecule is O=C(O)c1c(NCc2[nH]nc3ncccc23)noc1-c1ccc(Cl)cc1. The first-order chi connectivity index (χ1) is 12.6. The molecular formula is C17H12ClN5O3. The van der Waals surface area contributed by atoms with Crippen molar-refractivity contribution in [1.29, 1.82) is 0 Å². The molecule has 0 unspecified atom stereocenters. The fourth-order valence-electron chi connectivity index (χ4n) is 2.62. The van der Waals surface area contributed by atoms with Gasteiger partial charge < -0.3 is 14.9 Å². The Morgan fingerprint density at radius 1 is 1.27 bits per heavy atom. The minimum Gasteiger partial charge on any atom is -0.477 e. The van der Waals surface area contributed by atoms with Gasteiger partial charge in [-0.05, 0) is 36.4 Å². The Balaban J connectivity index is 1.64. The lowest BCUT2D eigenvalue weighted by molar-refractivity contribution is 0.0698. The van der Waals surface area contributed by atoms with Gasteiger partial charge in [-0.3, -0.25) is 5.10 Å². The largest absolute Gasteiger partial charge is 0.477 e. The summed E-state index contributed by atoms with van der Waals surface area (Å²) in [6.07, 6.45) is 1.65. The van der Waals surface area contributed by atoms with E-state index in [0.29, 0.717) is 16.2 Å². The van der Waals surface area contributed by atoms with Gasteiger partial charge in [-0.2, -0.15) is 5.10 Å². The number of pyridine rings is 1. The zero-order valence-electron chi connectivity index (χ0n) is 13.2. The summed E-state index contributed by atoms with van der Waals surface area (Å²) < 4.78 is 5.27. The molecule has 0 saturated carbocycles. The lowest BCUT2D eigenvalue weighted by atomic mass is 10.1. The van der Waals surface area contributed by atoms with Gasteiger partial charge in [-0.1, -0.05) is 16.8 Å². The second-order valence-corrected chi connectivity index (χ2v) is 5.91. The minimum atomic E-state index is -1.14. The van der Waals surface area contributed by atoms with Crippen LogP contribution in [-0.2, 0) is 6.54 Å². The van der Waals surface area contributed by atoms with Gasteiger partial charge in [0.2, 0.25) is 0 Å². The average molecular weight is 370 g/mol. The minimum absolute atomic E-state index is 0.0470. The number of hydrogen-bond donors (Lipinski definition) is 3. The number of carbonyl (C=O) groups is 1. The second-order valence-electron chi connectivity index (χ2n) is 5.48. The van der Waals surface area contributed by atoms with Crippen LogP contribution in [0.25, 0.3) is 22.4 Å². The number of anilines is 1. The summed E-state index contributed by atoms with van der Waals surface area (Å²) in [6.45, 7) is 0.287. The molecule has 0 aliphatic carbocycles. The van der Waals surface area contributed by atoms with Crippen LogP contribution >= 0.6 is 11.6 Å². The maximum absolute atomic E-state index is 11.7. The van der Waals surface area contributed by atoms with Crippen LogP contribution in [0.5, 0.6) is 0 Å². The Morgan fingerprint density at radius 3 is 2.85 bits per heavy atom. The molecule has 3 N–H and O–H groups in total. The fourth-order valence-corrected chi connectivity index (χ4v) is 2.74. The Bertz CT molecular complexity index is 1090. The van der Waals surface area contributed by atoms with Crippen LogP contribution in [0.3, 0.4) is 0 Å². The maximum atomic E-state index is 11.7. The number of hydrogen-bond acceptors (Lipinski definition) is 6. The highest BCUT2D eigenvalue weighted by molar-refractivity contribution is 6.30. The second kappa shape index (κ2) is 6.49. The van der Waals surface area contributed by atoms with E-state index in [1.54, 1.807) is 36.5 Å². The van der Waals surface area contributed by atoms with Gasteiger partial charge in [0, 0.05) is 22.2 Å². The van der Waals surface area contributed by atoms with Crippen molar-refractivity contribution in [1.82, 2.24) is 20.3 Å². The first-order valence-corrected chi connectivity index (χ1v) is 8.02. The first kappa shape index (κ1) is 16.1. The van der Waals surface area contributed by atoms with E-state index in [2.05, 4.69) is 25.7 Å². The molecule has 0 atom stereocenters. The smallest absolute Gasteiger partial charge is 0.343 e. The molecule has 1 aromatic carbocycles. The molecule has 9 heteroatoms. The topological polar surface area (TPSA) is 117 Å². The number of nitrogens with zero attached hydrogens (tertiary/aromatic N) is 3. The number of carboxylic acid groups (broad SMARTS) is 1. The van der Waals surface area contributed by atoms with E-state index in [1.807, 2.05) is 6.07 Å². The van der Waals surface area contributed by atoms with Gasteiger partial charge in [0.25, 0.3) is 0 Å². The third-order valence-corrected chi connectivity index (χ3v) is 4.11. The quantitative estimate of drug-likeness (QED) is 0.492. The normalized spacial score (nSPS) is 11.0. The van der Waals surface area contributed by atoms with Gasteiger partial charge in [-0.15, -0.1) is 0 Å². The van der Waals surface area contributed by atoms with Crippen molar-refractivity contribution in [3.8, 4) is 11.3 Å². The van der Waals surface area contributed by atoms with Crippen molar-refractivity contribution in [2.45, 2.75) is 6.54 Å². The lowest BCUT2D eigenvalue weighted by Gasteiger charge is -2.03. The summed E-state index contributed by atoms with van der Waals surface area (Å²) >= 11 is 5.87. The predicted molar refractivity (Wildman–Crippen MR) is 95.1 cm³/mol. The van der Waals surface area contributed by atoms with E-state index in [1.165, 1.54) is 0 Å². The van der Waals surface area contributed by atoms with Gasteiger partial charge in [0.15, 0.2) is 22.8 Å². The molecule has 130 valence electrons. The molecular weight excluding hydrogens is 358 g/mol. The van der Waals surface area contributed by atoms with Crippen LogP contribution in [0.1, 0.15) is 16.1 Å². The number of aromatic amines is 1. The molecule has 3 aromatic heterocycles. The number of aromatic carboxylic acids is 1. The van der Waals surface area contributed by atoms with E-state index in [4.69, 9.17) is 16.1 Å². The highest BCUT2D eigenvalue weighted by Crippen LogP contribution is 2.30. The number of rotatable bonds is 5. The highest BCUT2D eigenvalue weighted by atomic mass is 35.5. The van der Waals surface area contributed by atoms with Crippen molar-refractivity contribution >= 4 is 34.4 Å². The number of benzene rings is 1. The van der Waals surface area contributed by atoms with Crippen LogP contribution < -0.4 is 5.32 Å². The Kier molecular flexibility index (Phi) is 4.02. The third-order valence-electron chi connectivity index (χ3n) is 3.85. The molecule has 0 saturated heterocycles. The Labute approximate surface area is 151 Å². The molecule has 4 rings (SSSR count). The van der Waals surface area contributed by atoms with Crippen LogP contribution in [0.15, 0.2) is 47.1 Å². The summed E-state index contributed by atoms with van der Waals surface area (Å²) in [4.78, 5) is 15.9. The van der Waals surface area contributed by atoms with E-state index < -0.39 is 5.97 Å². The molecule has 0 fully saturated rings. The molecule has 0 aliphatic rings. The summed E-state index contributed by atoms with van der Waals surface area (Å²) in [5.41, 5.74) is 1.88. The van der Waals surface area contributed by atoms with Crippen molar-refractivity contribution in [2.75, 3.05) is 5.32 Å². The molecule has 3 heterocycles. The number of halogens is 1. The van der Waals surface area contributed by atoms with Crippen molar-refractivity contribution < 1.29 is 14.4 Å². The summed E-state index contributed by atoms with van der Waals surface area (Å²) in [5, 5.41) is 24.8. The number of nitrogens with one attached hydrogen (secondary N) is 2. The summed E-state index contributed by atoms with van der Waals surface area (Å²) in [7, 11) is 0. The Morgan fingerprint density at radius 2 is 2.08 bits per heavy atom. The number of aromatic nitrogens is 4. The van der Waals surface area contributed by atoms with Crippen LogP contribution in [0, 0.1) is 0 Å². The van der Waals surface area contributed by atoms with Crippen LogP contribution in [-0.4, -0.2) is 31.4 Å². The Hall–Kier alpha value is -3.39. The van der Waals surface area contributed by atoms with Gasteiger partial charge >= 0.3 is 5.97 Å². The summed E-state index contributed by atoms with van der Waals surface area (Å²) in [5.74, 6) is -0.850. The van der Waals surface area contributed by atoms with E-state index in [0.717, 1.165) is 11.1 Å². The van der Waals surface area contributed by atoms with Crippen molar-refractivity contribution in [3.63, 3.8) is 0 Å². The van der Waals surface area contributed by atoms with Gasteiger partial charge in [-0.25, -0.2) is 9.78 Å². The molecule has 0 amide bonds. The number of H-pyrrole nitrogens is 1. The van der Waals surface area contributed by atoms with Gasteiger partial charge in [0.1, 0.15) is 0 Å². The molecule has 8 nitrogen and oxygen atoms in total.